The molecule has 35 heavy (non-hydrogen) atoms. The Balaban J connectivity index is 0.000000296. The van der Waals surface area contributed by atoms with E-state index in [9.17, 15) is 18.4 Å². The zero-order chi connectivity index (χ0) is 26.6. The third-order valence-corrected chi connectivity index (χ3v) is 4.32. The van der Waals surface area contributed by atoms with Crippen molar-refractivity contribution in [3.8, 4) is 11.3 Å². The summed E-state index contributed by atoms with van der Waals surface area (Å²) in [6.45, 7) is 9.61. The predicted octanol–water partition coefficient (Wildman–Crippen LogP) is 5.97. The SMILES string of the molecule is CC(=O)Nc1nc(-c2cccc(Cl)c2)c(C)[nH]1.CC(C)(C)C=O.CNCc1ccc(C(F)F)nc1. The molecule has 2 heterocycles. The summed E-state index contributed by atoms with van der Waals surface area (Å²) in [5, 5.41) is 6.18. The number of nitrogens with one attached hydrogen (secondary N) is 3. The largest absolute Gasteiger partial charge is 0.328 e. The molecule has 0 bridgehead atoms. The second kappa shape index (κ2) is 14.3. The Hall–Kier alpha value is -3.17. The molecule has 190 valence electrons. The fourth-order valence-corrected chi connectivity index (χ4v) is 2.67. The van der Waals surface area contributed by atoms with Crippen molar-refractivity contribution in [2.75, 3.05) is 12.4 Å². The number of aldehydes is 1. The number of halogens is 3. The van der Waals surface area contributed by atoms with Crippen LogP contribution in [-0.2, 0) is 16.1 Å². The van der Waals surface area contributed by atoms with Gasteiger partial charge < -0.3 is 15.1 Å². The number of rotatable bonds is 5. The van der Waals surface area contributed by atoms with Crippen LogP contribution in [0, 0.1) is 12.3 Å². The molecule has 0 aliphatic heterocycles. The molecule has 0 radical (unpaired) electrons. The number of carbonyl (C=O) groups excluding carboxylic acids is 2. The number of aromatic amines is 1. The number of aromatic nitrogens is 3. The summed E-state index contributed by atoms with van der Waals surface area (Å²) >= 11 is 5.93. The normalized spacial score (nSPS) is 10.6. The van der Waals surface area contributed by atoms with Gasteiger partial charge in [-0.3, -0.25) is 15.1 Å². The third-order valence-electron chi connectivity index (χ3n) is 4.08. The molecular formula is C25H32ClF2N5O2. The van der Waals surface area contributed by atoms with Crippen molar-refractivity contribution in [1.29, 1.82) is 0 Å². The molecule has 0 aliphatic carbocycles. The van der Waals surface area contributed by atoms with Crippen molar-refractivity contribution in [2.24, 2.45) is 5.41 Å². The van der Waals surface area contributed by atoms with Gasteiger partial charge in [-0.15, -0.1) is 0 Å². The Morgan fingerprint density at radius 3 is 2.34 bits per heavy atom. The summed E-state index contributed by atoms with van der Waals surface area (Å²) < 4.78 is 24.0. The van der Waals surface area contributed by atoms with E-state index in [0.29, 0.717) is 17.5 Å². The van der Waals surface area contributed by atoms with Crippen LogP contribution in [0.15, 0.2) is 42.6 Å². The summed E-state index contributed by atoms with van der Waals surface area (Å²) in [7, 11) is 1.79. The van der Waals surface area contributed by atoms with Crippen LogP contribution in [0.4, 0.5) is 14.7 Å². The van der Waals surface area contributed by atoms with E-state index >= 15 is 0 Å². The second-order valence-corrected chi connectivity index (χ2v) is 9.09. The van der Waals surface area contributed by atoms with Crippen molar-refractivity contribution < 1.29 is 18.4 Å². The van der Waals surface area contributed by atoms with Gasteiger partial charge in [-0.2, -0.15) is 0 Å². The molecule has 0 atom stereocenters. The second-order valence-electron chi connectivity index (χ2n) is 8.66. The molecule has 3 rings (SSSR count). The molecule has 2 aromatic heterocycles. The lowest BCUT2D eigenvalue weighted by molar-refractivity contribution is -0.114. The maximum absolute atomic E-state index is 12.0. The van der Waals surface area contributed by atoms with E-state index in [2.05, 4.69) is 25.6 Å². The van der Waals surface area contributed by atoms with Gasteiger partial charge >= 0.3 is 0 Å². The Morgan fingerprint density at radius 2 is 1.89 bits per heavy atom. The number of anilines is 1. The van der Waals surface area contributed by atoms with Gasteiger partial charge in [-0.1, -0.05) is 50.6 Å². The number of amides is 1. The van der Waals surface area contributed by atoms with E-state index in [0.717, 1.165) is 28.8 Å². The lowest BCUT2D eigenvalue weighted by Gasteiger charge is -2.03. The maximum atomic E-state index is 12.0. The van der Waals surface area contributed by atoms with Crippen LogP contribution in [0.2, 0.25) is 5.02 Å². The highest BCUT2D eigenvalue weighted by atomic mass is 35.5. The van der Waals surface area contributed by atoms with Crippen molar-refractivity contribution in [1.82, 2.24) is 20.3 Å². The van der Waals surface area contributed by atoms with Crippen LogP contribution in [0.25, 0.3) is 11.3 Å². The van der Waals surface area contributed by atoms with Gasteiger partial charge in [0.05, 0.1) is 5.69 Å². The summed E-state index contributed by atoms with van der Waals surface area (Å²) in [4.78, 5) is 31.7. The molecule has 7 nitrogen and oxygen atoms in total. The highest BCUT2D eigenvalue weighted by Crippen LogP contribution is 2.25. The molecule has 0 fully saturated rings. The van der Waals surface area contributed by atoms with Gasteiger partial charge in [0.25, 0.3) is 6.43 Å². The summed E-state index contributed by atoms with van der Waals surface area (Å²) in [6, 6.07) is 10.4. The van der Waals surface area contributed by atoms with E-state index in [4.69, 9.17) is 11.6 Å². The van der Waals surface area contributed by atoms with E-state index in [1.807, 2.05) is 52.0 Å². The minimum atomic E-state index is -2.48. The lowest BCUT2D eigenvalue weighted by atomic mass is 10.0. The standard InChI is InChI=1S/C12H12ClN3O.C8H10F2N2.C5H10O/c1-7-11(9-4-3-5-10(13)6-9)16-12(14-7)15-8(2)17;1-11-4-6-2-3-7(8(9)10)12-5-6;1-5(2,3)4-6/h3-6H,1-2H3,(H2,14,15,16,17);2-3,5,8,11H,4H2,1H3;4H,1-3H3. The van der Waals surface area contributed by atoms with E-state index in [1.54, 1.807) is 13.1 Å². The molecule has 1 amide bonds. The Bertz CT molecular complexity index is 1080. The molecule has 0 saturated heterocycles. The van der Waals surface area contributed by atoms with Crippen molar-refractivity contribution in [2.45, 2.75) is 47.6 Å². The number of carbonyl (C=O) groups is 2. The number of hydrogen-bond acceptors (Lipinski definition) is 5. The molecule has 3 aromatic rings. The fourth-order valence-electron chi connectivity index (χ4n) is 2.48. The van der Waals surface area contributed by atoms with Gasteiger partial charge in [-0.05, 0) is 37.7 Å². The quantitative estimate of drug-likeness (QED) is 0.369. The average Bonchev–Trinajstić information content (AvgIpc) is 3.14. The van der Waals surface area contributed by atoms with Gasteiger partial charge in [0.1, 0.15) is 12.0 Å². The van der Waals surface area contributed by atoms with E-state index < -0.39 is 6.43 Å². The highest BCUT2D eigenvalue weighted by molar-refractivity contribution is 6.30. The van der Waals surface area contributed by atoms with Crippen molar-refractivity contribution in [3.63, 3.8) is 0 Å². The first-order chi connectivity index (χ1) is 16.4. The van der Waals surface area contributed by atoms with Crippen LogP contribution < -0.4 is 10.6 Å². The van der Waals surface area contributed by atoms with Crippen molar-refractivity contribution >= 4 is 29.7 Å². The minimum absolute atomic E-state index is 0.139. The van der Waals surface area contributed by atoms with Crippen LogP contribution in [-0.4, -0.2) is 34.2 Å². The van der Waals surface area contributed by atoms with Gasteiger partial charge in [0.15, 0.2) is 0 Å². The first-order valence-corrected chi connectivity index (χ1v) is 11.2. The van der Waals surface area contributed by atoms with Crippen LogP contribution in [0.5, 0.6) is 0 Å². The summed E-state index contributed by atoms with van der Waals surface area (Å²) in [5.74, 6) is 0.293. The summed E-state index contributed by atoms with van der Waals surface area (Å²) in [5.41, 5.74) is 3.19. The van der Waals surface area contributed by atoms with Gasteiger partial charge in [0, 0.05) is 41.4 Å². The maximum Gasteiger partial charge on any atom is 0.280 e. The monoisotopic (exact) mass is 507 g/mol. The van der Waals surface area contributed by atoms with Crippen molar-refractivity contribution in [3.05, 3.63) is 64.6 Å². The Morgan fingerprint density at radius 1 is 1.23 bits per heavy atom. The van der Waals surface area contributed by atoms with Gasteiger partial charge in [0.2, 0.25) is 11.9 Å². The number of pyridine rings is 1. The van der Waals surface area contributed by atoms with Gasteiger partial charge in [-0.25, -0.2) is 13.8 Å². The zero-order valence-electron chi connectivity index (χ0n) is 20.7. The molecule has 3 N–H and O–H groups in total. The third kappa shape index (κ3) is 11.7. The van der Waals surface area contributed by atoms with Crippen LogP contribution in [0.3, 0.4) is 0 Å². The number of alkyl halides is 2. The fraction of sp³-hybridized carbons (Fsp3) is 0.360. The average molecular weight is 508 g/mol. The molecule has 0 unspecified atom stereocenters. The first-order valence-electron chi connectivity index (χ1n) is 10.8. The zero-order valence-corrected chi connectivity index (χ0v) is 21.5. The molecule has 1 aromatic carbocycles. The number of imidazole rings is 1. The Labute approximate surface area is 209 Å². The minimum Gasteiger partial charge on any atom is -0.328 e. The smallest absolute Gasteiger partial charge is 0.280 e. The molecule has 0 spiro atoms. The van der Waals surface area contributed by atoms with Crippen LogP contribution in [0.1, 0.15) is 51.1 Å². The number of benzene rings is 1. The van der Waals surface area contributed by atoms with E-state index in [1.165, 1.54) is 19.2 Å². The molecular weight excluding hydrogens is 476 g/mol. The molecule has 0 aliphatic rings. The topological polar surface area (TPSA) is 99.8 Å². The predicted molar refractivity (Wildman–Crippen MR) is 136 cm³/mol. The number of hydrogen-bond donors (Lipinski definition) is 3. The number of aryl methyl sites for hydroxylation is 1. The first kappa shape index (κ1) is 29.9. The van der Waals surface area contributed by atoms with E-state index in [-0.39, 0.29) is 17.0 Å². The Kier molecular flexibility index (Phi) is 12.2. The van der Waals surface area contributed by atoms with Crippen LogP contribution >= 0.6 is 11.6 Å². The highest BCUT2D eigenvalue weighted by Gasteiger charge is 2.10. The summed E-state index contributed by atoms with van der Waals surface area (Å²) in [6.07, 6.45) is -0.0843. The number of H-pyrrole nitrogens is 1. The molecule has 0 saturated carbocycles. The number of nitrogens with zero attached hydrogens (tertiary/aromatic N) is 2. The lowest BCUT2D eigenvalue weighted by Crippen LogP contribution is -2.06. The molecule has 10 heteroatoms.